The van der Waals surface area contributed by atoms with Crippen molar-refractivity contribution < 1.29 is 19.1 Å². The summed E-state index contributed by atoms with van der Waals surface area (Å²) in [6.07, 6.45) is 0.591. The van der Waals surface area contributed by atoms with Crippen LogP contribution in [0.3, 0.4) is 0 Å². The molecule has 1 aliphatic heterocycles. The second-order valence-corrected chi connectivity index (χ2v) is 6.92. The highest BCUT2D eigenvalue weighted by atomic mass is 16.6. The van der Waals surface area contributed by atoms with Crippen LogP contribution in [-0.2, 0) is 16.1 Å². The molecule has 3 rings (SSSR count). The maximum Gasteiger partial charge on any atom is 0.410 e. The summed E-state index contributed by atoms with van der Waals surface area (Å²) in [7, 11) is 1.37. The van der Waals surface area contributed by atoms with Crippen molar-refractivity contribution in [2.45, 2.75) is 19.1 Å². The Hall–Kier alpha value is -3.06. The lowest BCUT2D eigenvalue weighted by atomic mass is 10.1. The van der Waals surface area contributed by atoms with E-state index >= 15 is 0 Å². The summed E-state index contributed by atoms with van der Waals surface area (Å²) in [5, 5.41) is 6.79. The van der Waals surface area contributed by atoms with Gasteiger partial charge in [-0.25, -0.2) is 9.59 Å². The van der Waals surface area contributed by atoms with Crippen molar-refractivity contribution >= 4 is 17.7 Å². The molecule has 0 bridgehead atoms. The Labute approximate surface area is 171 Å². The summed E-state index contributed by atoms with van der Waals surface area (Å²) < 4.78 is 10.1. The minimum Gasteiger partial charge on any atom is -0.465 e. The molecule has 7 heteroatoms. The highest BCUT2D eigenvalue weighted by Crippen LogP contribution is 2.12. The standard InChI is InChI=1S/C22H27N3O4/c1-28-21(26)18-7-9-19(10-8-18)23-12-11-20-15-25(14-13-24-20)22(27)29-16-17-5-3-2-4-6-17/h2-10,20,23-24H,11-16H2,1H3/t20-/m1/s1. The summed E-state index contributed by atoms with van der Waals surface area (Å²) in [4.78, 5) is 25.6. The molecule has 1 fully saturated rings. The van der Waals surface area contributed by atoms with Gasteiger partial charge in [0, 0.05) is 37.9 Å². The first-order valence-electron chi connectivity index (χ1n) is 9.77. The number of nitrogens with zero attached hydrogens (tertiary/aromatic N) is 1. The van der Waals surface area contributed by atoms with Gasteiger partial charge in [0.1, 0.15) is 6.61 Å². The molecule has 0 aromatic heterocycles. The fraction of sp³-hybridized carbons (Fsp3) is 0.364. The minimum absolute atomic E-state index is 0.204. The third-order valence-electron chi connectivity index (χ3n) is 4.85. The molecule has 154 valence electrons. The van der Waals surface area contributed by atoms with E-state index < -0.39 is 0 Å². The number of carbonyl (C=O) groups excluding carboxylic acids is 2. The molecule has 2 aromatic carbocycles. The molecule has 1 heterocycles. The van der Waals surface area contributed by atoms with Gasteiger partial charge < -0.3 is 25.0 Å². The number of esters is 1. The molecule has 2 aromatic rings. The zero-order valence-corrected chi connectivity index (χ0v) is 16.6. The summed E-state index contributed by atoms with van der Waals surface area (Å²) >= 11 is 0. The number of rotatable bonds is 7. The predicted octanol–water partition coefficient (Wildman–Crippen LogP) is 2.89. The van der Waals surface area contributed by atoms with Gasteiger partial charge in [0.25, 0.3) is 0 Å². The summed E-state index contributed by atoms with van der Waals surface area (Å²) in [6, 6.07) is 17.1. The second kappa shape index (κ2) is 10.5. The van der Waals surface area contributed by atoms with Gasteiger partial charge in [-0.15, -0.1) is 0 Å². The molecule has 1 aliphatic rings. The lowest BCUT2D eigenvalue weighted by molar-refractivity contribution is 0.0600. The number of carbonyl (C=O) groups is 2. The predicted molar refractivity (Wildman–Crippen MR) is 111 cm³/mol. The molecule has 2 N–H and O–H groups in total. The van der Waals surface area contributed by atoms with E-state index in [0.717, 1.165) is 30.8 Å². The first kappa shape index (κ1) is 20.7. The van der Waals surface area contributed by atoms with Crippen LogP contribution in [0.5, 0.6) is 0 Å². The Morgan fingerprint density at radius 3 is 2.62 bits per heavy atom. The third kappa shape index (κ3) is 6.22. The number of hydrogen-bond donors (Lipinski definition) is 2. The number of ether oxygens (including phenoxy) is 2. The smallest absolute Gasteiger partial charge is 0.410 e. The van der Waals surface area contributed by atoms with E-state index in [1.807, 2.05) is 42.5 Å². The molecule has 0 unspecified atom stereocenters. The van der Waals surface area contributed by atoms with Crippen molar-refractivity contribution in [3.8, 4) is 0 Å². The Morgan fingerprint density at radius 1 is 1.14 bits per heavy atom. The maximum absolute atomic E-state index is 12.3. The van der Waals surface area contributed by atoms with Crippen LogP contribution >= 0.6 is 0 Å². The fourth-order valence-electron chi connectivity index (χ4n) is 3.23. The molecular formula is C22H27N3O4. The van der Waals surface area contributed by atoms with Crippen molar-refractivity contribution in [2.75, 3.05) is 38.6 Å². The number of methoxy groups -OCH3 is 1. The van der Waals surface area contributed by atoms with Gasteiger partial charge >= 0.3 is 12.1 Å². The first-order chi connectivity index (χ1) is 14.2. The Kier molecular flexibility index (Phi) is 7.47. The van der Waals surface area contributed by atoms with Crippen LogP contribution < -0.4 is 10.6 Å². The van der Waals surface area contributed by atoms with E-state index in [9.17, 15) is 9.59 Å². The van der Waals surface area contributed by atoms with Gasteiger partial charge in [-0.1, -0.05) is 30.3 Å². The van der Waals surface area contributed by atoms with Crippen molar-refractivity contribution in [3.05, 3.63) is 65.7 Å². The van der Waals surface area contributed by atoms with Crippen molar-refractivity contribution in [1.82, 2.24) is 10.2 Å². The third-order valence-corrected chi connectivity index (χ3v) is 4.85. The molecule has 29 heavy (non-hydrogen) atoms. The Bertz CT molecular complexity index is 795. The van der Waals surface area contributed by atoms with E-state index in [1.165, 1.54) is 7.11 Å². The highest BCUT2D eigenvalue weighted by molar-refractivity contribution is 5.89. The normalized spacial score (nSPS) is 16.2. The van der Waals surface area contributed by atoms with E-state index in [0.29, 0.717) is 18.7 Å². The van der Waals surface area contributed by atoms with Crippen molar-refractivity contribution in [1.29, 1.82) is 0 Å². The first-order valence-corrected chi connectivity index (χ1v) is 9.77. The summed E-state index contributed by atoms with van der Waals surface area (Å²) in [5.74, 6) is -0.345. The largest absolute Gasteiger partial charge is 0.465 e. The summed E-state index contributed by atoms with van der Waals surface area (Å²) in [6.45, 7) is 3.06. The van der Waals surface area contributed by atoms with E-state index in [2.05, 4.69) is 10.6 Å². The van der Waals surface area contributed by atoms with Gasteiger partial charge in [0.2, 0.25) is 0 Å². The number of amides is 1. The molecular weight excluding hydrogens is 370 g/mol. The molecule has 0 spiro atoms. The quantitative estimate of drug-likeness (QED) is 0.700. The van der Waals surface area contributed by atoms with Crippen molar-refractivity contribution in [3.63, 3.8) is 0 Å². The maximum atomic E-state index is 12.3. The number of piperazine rings is 1. The van der Waals surface area contributed by atoms with Crippen LogP contribution in [0, 0.1) is 0 Å². The van der Waals surface area contributed by atoms with E-state index in [1.54, 1.807) is 17.0 Å². The van der Waals surface area contributed by atoms with Crippen LogP contribution in [0.15, 0.2) is 54.6 Å². The molecule has 0 saturated carbocycles. The molecule has 1 atom stereocenters. The number of hydrogen-bond acceptors (Lipinski definition) is 6. The average molecular weight is 397 g/mol. The van der Waals surface area contributed by atoms with Crippen LogP contribution in [-0.4, -0.2) is 56.3 Å². The molecule has 0 aliphatic carbocycles. The van der Waals surface area contributed by atoms with Gasteiger partial charge in [0.15, 0.2) is 0 Å². The van der Waals surface area contributed by atoms with E-state index in [-0.39, 0.29) is 24.7 Å². The fourth-order valence-corrected chi connectivity index (χ4v) is 3.23. The number of nitrogens with one attached hydrogen (secondary N) is 2. The van der Waals surface area contributed by atoms with Crippen LogP contribution in [0.2, 0.25) is 0 Å². The zero-order valence-electron chi connectivity index (χ0n) is 16.6. The lowest BCUT2D eigenvalue weighted by Crippen LogP contribution is -2.53. The van der Waals surface area contributed by atoms with Crippen molar-refractivity contribution in [2.24, 2.45) is 0 Å². The van der Waals surface area contributed by atoms with Gasteiger partial charge in [-0.3, -0.25) is 0 Å². The lowest BCUT2D eigenvalue weighted by Gasteiger charge is -2.33. The van der Waals surface area contributed by atoms with Crippen LogP contribution in [0.4, 0.5) is 10.5 Å². The number of anilines is 1. The summed E-state index contributed by atoms with van der Waals surface area (Å²) in [5.41, 5.74) is 2.44. The van der Waals surface area contributed by atoms with E-state index in [4.69, 9.17) is 9.47 Å². The SMILES string of the molecule is COC(=O)c1ccc(NCC[C@@H]2CN(C(=O)OCc3ccccc3)CCN2)cc1. The van der Waals surface area contributed by atoms with Gasteiger partial charge in [0.05, 0.1) is 12.7 Å². The minimum atomic E-state index is -0.345. The Balaban J connectivity index is 1.40. The number of benzene rings is 2. The van der Waals surface area contributed by atoms with Crippen LogP contribution in [0.25, 0.3) is 0 Å². The highest BCUT2D eigenvalue weighted by Gasteiger charge is 2.24. The Morgan fingerprint density at radius 2 is 1.90 bits per heavy atom. The molecule has 1 amide bonds. The second-order valence-electron chi connectivity index (χ2n) is 6.92. The molecule has 0 radical (unpaired) electrons. The molecule has 7 nitrogen and oxygen atoms in total. The zero-order chi connectivity index (χ0) is 20.5. The average Bonchev–Trinajstić information content (AvgIpc) is 2.78. The monoisotopic (exact) mass is 397 g/mol. The van der Waals surface area contributed by atoms with Gasteiger partial charge in [-0.2, -0.15) is 0 Å². The van der Waals surface area contributed by atoms with Crippen LogP contribution in [0.1, 0.15) is 22.3 Å². The molecule has 1 saturated heterocycles. The topological polar surface area (TPSA) is 79.9 Å². The van der Waals surface area contributed by atoms with Gasteiger partial charge in [-0.05, 0) is 36.2 Å².